The number of sulfonamides is 1. The van der Waals surface area contributed by atoms with Crippen molar-refractivity contribution in [2.45, 2.75) is 44.3 Å². The second-order valence-electron chi connectivity index (χ2n) is 4.82. The third-order valence-corrected chi connectivity index (χ3v) is 5.23. The van der Waals surface area contributed by atoms with E-state index in [4.69, 9.17) is 5.26 Å². The number of fused-ring (bicyclic) bond motifs is 1. The zero-order chi connectivity index (χ0) is 13.9. The molecule has 0 saturated heterocycles. The molecular weight excluding hydrogens is 260 g/mol. The first-order valence-corrected chi connectivity index (χ1v) is 8.15. The second-order valence-corrected chi connectivity index (χ2v) is 6.69. The minimum atomic E-state index is -3.62. The fourth-order valence-electron chi connectivity index (χ4n) is 2.48. The molecule has 1 aromatic carbocycles. The van der Waals surface area contributed by atoms with E-state index in [1.165, 1.54) is 5.56 Å². The monoisotopic (exact) mass is 278 g/mol. The highest BCUT2D eigenvalue weighted by Crippen LogP contribution is 2.29. The quantitative estimate of drug-likeness (QED) is 0.920. The highest BCUT2D eigenvalue weighted by atomic mass is 32.2. The number of rotatable bonds is 4. The molecule has 1 aliphatic carbocycles. The largest absolute Gasteiger partial charge is 0.282 e. The van der Waals surface area contributed by atoms with Crippen molar-refractivity contribution in [2.24, 2.45) is 0 Å². The highest BCUT2D eigenvalue weighted by Gasteiger charge is 2.25. The summed E-state index contributed by atoms with van der Waals surface area (Å²) >= 11 is 0. The van der Waals surface area contributed by atoms with Gasteiger partial charge in [0.2, 0.25) is 10.0 Å². The molecule has 0 amide bonds. The molecule has 1 atom stereocenters. The van der Waals surface area contributed by atoms with Crippen LogP contribution in [-0.4, -0.2) is 13.7 Å². The third-order valence-electron chi connectivity index (χ3n) is 3.54. The molecular formula is C14H18N2O2S. The number of nitrogens with one attached hydrogen (secondary N) is 1. The average molecular weight is 278 g/mol. The van der Waals surface area contributed by atoms with Crippen LogP contribution >= 0.6 is 0 Å². The van der Waals surface area contributed by atoms with Crippen molar-refractivity contribution >= 4 is 15.7 Å². The molecule has 2 rings (SSSR count). The van der Waals surface area contributed by atoms with Gasteiger partial charge in [-0.3, -0.25) is 4.72 Å². The van der Waals surface area contributed by atoms with Gasteiger partial charge in [-0.05, 0) is 49.3 Å². The number of aryl methyl sites for hydroxylation is 1. The van der Waals surface area contributed by atoms with Gasteiger partial charge in [-0.15, -0.1) is 0 Å². The molecule has 0 aromatic heterocycles. The molecule has 1 aliphatic rings. The van der Waals surface area contributed by atoms with Crippen LogP contribution in [0.5, 0.6) is 0 Å². The zero-order valence-corrected chi connectivity index (χ0v) is 11.8. The van der Waals surface area contributed by atoms with Crippen LogP contribution in [0.4, 0.5) is 5.69 Å². The lowest BCUT2D eigenvalue weighted by Gasteiger charge is -2.20. The lowest BCUT2D eigenvalue weighted by molar-refractivity contribution is 0.592. The number of anilines is 1. The van der Waals surface area contributed by atoms with Gasteiger partial charge in [0.1, 0.15) is 0 Å². The van der Waals surface area contributed by atoms with Crippen LogP contribution in [-0.2, 0) is 22.9 Å². The van der Waals surface area contributed by atoms with Crippen molar-refractivity contribution in [1.29, 1.82) is 5.26 Å². The van der Waals surface area contributed by atoms with E-state index in [0.29, 0.717) is 12.1 Å². The maximum absolute atomic E-state index is 12.1. The van der Waals surface area contributed by atoms with E-state index in [-0.39, 0.29) is 0 Å². The van der Waals surface area contributed by atoms with E-state index in [2.05, 4.69) is 4.72 Å². The number of hydrogen-bond acceptors (Lipinski definition) is 3. The summed E-state index contributed by atoms with van der Waals surface area (Å²) in [6.07, 6.45) is 4.43. The lowest BCUT2D eigenvalue weighted by Crippen LogP contribution is -2.26. The normalized spacial score (nSPS) is 16.2. The first kappa shape index (κ1) is 13.9. The van der Waals surface area contributed by atoms with E-state index in [1.54, 1.807) is 13.0 Å². The van der Waals surface area contributed by atoms with Gasteiger partial charge < -0.3 is 0 Å². The summed E-state index contributed by atoms with van der Waals surface area (Å²) in [5.41, 5.74) is 2.95. The summed E-state index contributed by atoms with van der Waals surface area (Å²) in [5.74, 6) is 0. The minimum absolute atomic E-state index is 0.293. The number of nitriles is 1. The smallest absolute Gasteiger partial charge is 0.249 e. The summed E-state index contributed by atoms with van der Waals surface area (Å²) < 4.78 is 26.8. The molecule has 4 nitrogen and oxygen atoms in total. The Labute approximate surface area is 114 Å². The molecule has 0 heterocycles. The summed E-state index contributed by atoms with van der Waals surface area (Å²) in [6, 6.07) is 7.55. The van der Waals surface area contributed by atoms with Crippen LogP contribution in [0.1, 0.15) is 37.3 Å². The Hall–Kier alpha value is -1.54. The minimum Gasteiger partial charge on any atom is -0.282 e. The number of benzene rings is 1. The van der Waals surface area contributed by atoms with Crippen molar-refractivity contribution < 1.29 is 8.42 Å². The van der Waals surface area contributed by atoms with Crippen molar-refractivity contribution in [2.75, 3.05) is 4.72 Å². The Kier molecular flexibility index (Phi) is 4.11. The van der Waals surface area contributed by atoms with E-state index in [0.717, 1.165) is 31.2 Å². The Morgan fingerprint density at radius 2 is 2.11 bits per heavy atom. The van der Waals surface area contributed by atoms with E-state index < -0.39 is 15.3 Å². The number of nitrogens with zero attached hydrogens (tertiary/aromatic N) is 1. The third kappa shape index (κ3) is 2.90. The lowest BCUT2D eigenvalue weighted by atomic mass is 9.91. The number of hydrogen-bond donors (Lipinski definition) is 1. The summed E-state index contributed by atoms with van der Waals surface area (Å²) in [6.45, 7) is 1.70. The van der Waals surface area contributed by atoms with Crippen molar-refractivity contribution in [3.05, 3.63) is 29.3 Å². The van der Waals surface area contributed by atoms with Gasteiger partial charge in [-0.2, -0.15) is 5.26 Å². The highest BCUT2D eigenvalue weighted by molar-refractivity contribution is 7.93. The predicted molar refractivity (Wildman–Crippen MR) is 75.3 cm³/mol. The second kappa shape index (κ2) is 5.62. The van der Waals surface area contributed by atoms with Gasteiger partial charge in [0.25, 0.3) is 0 Å². The first-order valence-electron chi connectivity index (χ1n) is 6.60. The van der Waals surface area contributed by atoms with Crippen molar-refractivity contribution in [1.82, 2.24) is 0 Å². The topological polar surface area (TPSA) is 70.0 Å². The molecule has 0 fully saturated rings. The van der Waals surface area contributed by atoms with Crippen molar-refractivity contribution in [3.63, 3.8) is 0 Å². The SMILES string of the molecule is CCC(C#N)S(=O)(=O)Nc1cccc2c1CCCC2. The van der Waals surface area contributed by atoms with Crippen LogP contribution in [0.25, 0.3) is 0 Å². The van der Waals surface area contributed by atoms with Gasteiger partial charge in [-0.25, -0.2) is 8.42 Å². The van der Waals surface area contributed by atoms with E-state index in [9.17, 15) is 8.42 Å². The molecule has 19 heavy (non-hydrogen) atoms. The Morgan fingerprint density at radius 1 is 1.37 bits per heavy atom. The van der Waals surface area contributed by atoms with Gasteiger partial charge in [-0.1, -0.05) is 19.1 Å². The molecule has 0 bridgehead atoms. The predicted octanol–water partition coefficient (Wildman–Crippen LogP) is 2.61. The molecule has 0 aliphatic heterocycles. The van der Waals surface area contributed by atoms with Gasteiger partial charge in [0.05, 0.1) is 11.8 Å². The van der Waals surface area contributed by atoms with Crippen LogP contribution in [0.2, 0.25) is 0 Å². The molecule has 1 N–H and O–H groups in total. The van der Waals surface area contributed by atoms with Crippen LogP contribution in [0.15, 0.2) is 18.2 Å². The molecule has 0 spiro atoms. The summed E-state index contributed by atoms with van der Waals surface area (Å²) in [4.78, 5) is 0. The van der Waals surface area contributed by atoms with Crippen LogP contribution < -0.4 is 4.72 Å². The van der Waals surface area contributed by atoms with Gasteiger partial charge >= 0.3 is 0 Å². The Bertz CT molecular complexity index is 602. The van der Waals surface area contributed by atoms with E-state index in [1.807, 2.05) is 18.2 Å². The summed E-state index contributed by atoms with van der Waals surface area (Å²) in [7, 11) is -3.62. The first-order chi connectivity index (χ1) is 9.08. The average Bonchev–Trinajstić information content (AvgIpc) is 2.40. The van der Waals surface area contributed by atoms with Crippen LogP contribution in [0, 0.1) is 11.3 Å². The zero-order valence-electron chi connectivity index (χ0n) is 11.0. The van der Waals surface area contributed by atoms with Gasteiger partial charge in [0.15, 0.2) is 5.25 Å². The fraction of sp³-hybridized carbons (Fsp3) is 0.500. The standard InChI is InChI=1S/C14H18N2O2S/c1-2-12(10-15)19(17,18)16-14-9-5-7-11-6-3-4-8-13(11)14/h5,7,9,12,16H,2-4,6,8H2,1H3. The maximum Gasteiger partial charge on any atom is 0.249 e. The molecule has 0 saturated carbocycles. The fourth-order valence-corrected chi connectivity index (χ4v) is 3.70. The Morgan fingerprint density at radius 3 is 2.79 bits per heavy atom. The summed E-state index contributed by atoms with van der Waals surface area (Å²) in [5, 5.41) is 7.92. The molecule has 0 radical (unpaired) electrons. The molecule has 5 heteroatoms. The van der Waals surface area contributed by atoms with Crippen LogP contribution in [0.3, 0.4) is 0 Å². The molecule has 102 valence electrons. The van der Waals surface area contributed by atoms with Crippen molar-refractivity contribution in [3.8, 4) is 6.07 Å². The molecule has 1 aromatic rings. The molecule has 1 unspecified atom stereocenters. The maximum atomic E-state index is 12.1. The van der Waals surface area contributed by atoms with Gasteiger partial charge in [0, 0.05) is 0 Å². The Balaban J connectivity index is 2.32. The van der Waals surface area contributed by atoms with E-state index >= 15 is 0 Å².